The molecule has 1 atom stereocenters. The summed E-state index contributed by atoms with van der Waals surface area (Å²) < 4.78 is 1.52. The van der Waals surface area contributed by atoms with E-state index in [9.17, 15) is 4.79 Å². The Morgan fingerprint density at radius 2 is 2.50 bits per heavy atom. The minimum absolute atomic E-state index is 0.0142. The molecule has 1 aromatic heterocycles. The molecule has 2 heterocycles. The van der Waals surface area contributed by atoms with Gasteiger partial charge in [0.05, 0.1) is 24.5 Å². The SMILES string of the molecule is Nc1cnn(CC(=O)N2CCC[C@@H]2CO)c1. The lowest BCUT2D eigenvalue weighted by atomic mass is 10.2. The van der Waals surface area contributed by atoms with Crippen molar-refractivity contribution in [3.8, 4) is 0 Å². The van der Waals surface area contributed by atoms with Crippen molar-refractivity contribution in [1.82, 2.24) is 14.7 Å². The van der Waals surface area contributed by atoms with Crippen LogP contribution >= 0.6 is 0 Å². The molecule has 0 aromatic carbocycles. The molecule has 2 rings (SSSR count). The van der Waals surface area contributed by atoms with Gasteiger partial charge in [0.15, 0.2) is 0 Å². The van der Waals surface area contributed by atoms with E-state index in [1.54, 1.807) is 11.1 Å². The second kappa shape index (κ2) is 4.52. The largest absolute Gasteiger partial charge is 0.396 e. The first kappa shape index (κ1) is 10.9. The summed E-state index contributed by atoms with van der Waals surface area (Å²) >= 11 is 0. The van der Waals surface area contributed by atoms with Crippen LogP contribution in [0.3, 0.4) is 0 Å². The van der Waals surface area contributed by atoms with Crippen LogP contribution in [0.1, 0.15) is 12.8 Å². The number of anilines is 1. The van der Waals surface area contributed by atoms with Gasteiger partial charge in [0, 0.05) is 12.7 Å². The van der Waals surface area contributed by atoms with Crippen molar-refractivity contribution < 1.29 is 9.90 Å². The highest BCUT2D eigenvalue weighted by atomic mass is 16.3. The maximum Gasteiger partial charge on any atom is 0.244 e. The fourth-order valence-corrected chi connectivity index (χ4v) is 2.05. The Balaban J connectivity index is 1.97. The zero-order valence-corrected chi connectivity index (χ0v) is 9.04. The van der Waals surface area contributed by atoms with Crippen LogP contribution < -0.4 is 5.73 Å². The van der Waals surface area contributed by atoms with Gasteiger partial charge in [-0.1, -0.05) is 0 Å². The number of nitrogens with two attached hydrogens (primary N) is 1. The summed E-state index contributed by atoms with van der Waals surface area (Å²) in [5.41, 5.74) is 6.06. The van der Waals surface area contributed by atoms with Crippen molar-refractivity contribution in [2.75, 3.05) is 18.9 Å². The van der Waals surface area contributed by atoms with E-state index in [0.29, 0.717) is 5.69 Å². The highest BCUT2D eigenvalue weighted by Crippen LogP contribution is 2.17. The lowest BCUT2D eigenvalue weighted by molar-refractivity contribution is -0.133. The second-order valence-electron chi connectivity index (χ2n) is 4.04. The summed E-state index contributed by atoms with van der Waals surface area (Å²) in [4.78, 5) is 13.6. The number of rotatable bonds is 3. The van der Waals surface area contributed by atoms with Gasteiger partial charge in [0.1, 0.15) is 6.54 Å². The molecular weight excluding hydrogens is 208 g/mol. The third-order valence-electron chi connectivity index (χ3n) is 2.86. The number of carbonyl (C=O) groups excluding carboxylic acids is 1. The van der Waals surface area contributed by atoms with E-state index in [1.165, 1.54) is 10.9 Å². The van der Waals surface area contributed by atoms with Gasteiger partial charge in [-0.3, -0.25) is 9.48 Å². The Kier molecular flexibility index (Phi) is 3.09. The molecule has 1 saturated heterocycles. The van der Waals surface area contributed by atoms with E-state index in [2.05, 4.69) is 5.10 Å². The average Bonchev–Trinajstić information content (AvgIpc) is 2.86. The molecular formula is C10H16N4O2. The lowest BCUT2D eigenvalue weighted by Crippen LogP contribution is -2.39. The van der Waals surface area contributed by atoms with Crippen LogP contribution in [0.5, 0.6) is 0 Å². The summed E-state index contributed by atoms with van der Waals surface area (Å²) in [6.07, 6.45) is 4.98. The number of carbonyl (C=O) groups is 1. The van der Waals surface area contributed by atoms with Crippen molar-refractivity contribution in [3.63, 3.8) is 0 Å². The molecule has 0 spiro atoms. The maximum absolute atomic E-state index is 11.9. The highest BCUT2D eigenvalue weighted by Gasteiger charge is 2.27. The van der Waals surface area contributed by atoms with Crippen molar-refractivity contribution in [2.45, 2.75) is 25.4 Å². The Hall–Kier alpha value is -1.56. The van der Waals surface area contributed by atoms with Crippen molar-refractivity contribution in [1.29, 1.82) is 0 Å². The van der Waals surface area contributed by atoms with Crippen LogP contribution in [-0.4, -0.2) is 44.9 Å². The predicted molar refractivity (Wildman–Crippen MR) is 58.5 cm³/mol. The molecule has 1 aliphatic heterocycles. The number of aromatic nitrogens is 2. The van der Waals surface area contributed by atoms with E-state index in [4.69, 9.17) is 10.8 Å². The zero-order chi connectivity index (χ0) is 11.5. The maximum atomic E-state index is 11.9. The molecule has 1 amide bonds. The third-order valence-corrected chi connectivity index (χ3v) is 2.86. The molecule has 0 bridgehead atoms. The standard InChI is InChI=1S/C10H16N4O2/c11-8-4-12-13(5-8)6-10(16)14-3-1-2-9(14)7-15/h4-5,9,15H,1-3,6-7,11H2/t9-/m1/s1. The first-order valence-corrected chi connectivity index (χ1v) is 5.39. The quantitative estimate of drug-likeness (QED) is 0.721. The molecule has 0 radical (unpaired) electrons. The number of hydrogen-bond donors (Lipinski definition) is 2. The third kappa shape index (κ3) is 2.16. The lowest BCUT2D eigenvalue weighted by Gasteiger charge is -2.22. The average molecular weight is 224 g/mol. The fourth-order valence-electron chi connectivity index (χ4n) is 2.05. The number of aliphatic hydroxyl groups is 1. The summed E-state index contributed by atoms with van der Waals surface area (Å²) in [6, 6.07) is -0.0274. The van der Waals surface area contributed by atoms with E-state index in [0.717, 1.165) is 19.4 Å². The van der Waals surface area contributed by atoms with E-state index >= 15 is 0 Å². The molecule has 1 fully saturated rings. The van der Waals surface area contributed by atoms with E-state index in [-0.39, 0.29) is 25.1 Å². The molecule has 6 nitrogen and oxygen atoms in total. The van der Waals surface area contributed by atoms with E-state index in [1.807, 2.05) is 0 Å². The van der Waals surface area contributed by atoms with Crippen LogP contribution in [-0.2, 0) is 11.3 Å². The minimum atomic E-state index is -0.0274. The summed E-state index contributed by atoms with van der Waals surface area (Å²) in [6.45, 7) is 0.946. The van der Waals surface area contributed by atoms with Gasteiger partial charge in [-0.15, -0.1) is 0 Å². The molecule has 16 heavy (non-hydrogen) atoms. The van der Waals surface area contributed by atoms with Crippen molar-refractivity contribution in [3.05, 3.63) is 12.4 Å². The van der Waals surface area contributed by atoms with Gasteiger partial charge < -0.3 is 15.7 Å². The number of amides is 1. The first-order valence-electron chi connectivity index (χ1n) is 5.39. The second-order valence-corrected chi connectivity index (χ2v) is 4.04. The minimum Gasteiger partial charge on any atom is -0.396 e. The number of likely N-dealkylation sites (tertiary alicyclic amines) is 1. The monoisotopic (exact) mass is 224 g/mol. The van der Waals surface area contributed by atoms with Crippen molar-refractivity contribution >= 4 is 11.6 Å². The number of nitrogen functional groups attached to an aromatic ring is 1. The van der Waals surface area contributed by atoms with Gasteiger partial charge in [-0.2, -0.15) is 5.10 Å². The van der Waals surface area contributed by atoms with Gasteiger partial charge in [0.25, 0.3) is 0 Å². The smallest absolute Gasteiger partial charge is 0.244 e. The molecule has 88 valence electrons. The van der Waals surface area contributed by atoms with Crippen LogP contribution in [0.25, 0.3) is 0 Å². The normalized spacial score (nSPS) is 20.3. The number of nitrogens with zero attached hydrogens (tertiary/aromatic N) is 3. The Labute approximate surface area is 93.6 Å². The topological polar surface area (TPSA) is 84.4 Å². The fraction of sp³-hybridized carbons (Fsp3) is 0.600. The Morgan fingerprint density at radius 1 is 1.69 bits per heavy atom. The van der Waals surface area contributed by atoms with Crippen LogP contribution in [0.15, 0.2) is 12.4 Å². The van der Waals surface area contributed by atoms with Gasteiger partial charge in [0.2, 0.25) is 5.91 Å². The van der Waals surface area contributed by atoms with Gasteiger partial charge in [-0.25, -0.2) is 0 Å². The summed E-state index contributed by atoms with van der Waals surface area (Å²) in [7, 11) is 0. The molecule has 1 aromatic rings. The molecule has 6 heteroatoms. The van der Waals surface area contributed by atoms with Crippen LogP contribution in [0, 0.1) is 0 Å². The summed E-state index contributed by atoms with van der Waals surface area (Å²) in [5, 5.41) is 13.1. The Morgan fingerprint density at radius 3 is 3.12 bits per heavy atom. The zero-order valence-electron chi connectivity index (χ0n) is 9.04. The summed E-state index contributed by atoms with van der Waals surface area (Å²) in [5.74, 6) is -0.0142. The van der Waals surface area contributed by atoms with Crippen LogP contribution in [0.2, 0.25) is 0 Å². The predicted octanol–water partition coefficient (Wildman–Crippen LogP) is -0.551. The molecule has 0 saturated carbocycles. The van der Waals surface area contributed by atoms with Gasteiger partial charge >= 0.3 is 0 Å². The molecule has 0 unspecified atom stereocenters. The number of hydrogen-bond acceptors (Lipinski definition) is 4. The Bertz CT molecular complexity index is 377. The van der Waals surface area contributed by atoms with E-state index < -0.39 is 0 Å². The molecule has 1 aliphatic rings. The first-order chi connectivity index (χ1) is 7.70. The highest BCUT2D eigenvalue weighted by molar-refractivity contribution is 5.76. The van der Waals surface area contributed by atoms with Gasteiger partial charge in [-0.05, 0) is 12.8 Å². The molecule has 0 aliphatic carbocycles. The molecule has 3 N–H and O–H groups in total. The van der Waals surface area contributed by atoms with Crippen molar-refractivity contribution in [2.24, 2.45) is 0 Å². The number of aliphatic hydroxyl groups excluding tert-OH is 1. The van der Waals surface area contributed by atoms with Crippen LogP contribution in [0.4, 0.5) is 5.69 Å².